The number of H-pyrrole nitrogens is 1. The molecule has 1 fully saturated rings. The minimum Gasteiger partial charge on any atom is -0.497 e. The summed E-state index contributed by atoms with van der Waals surface area (Å²) < 4.78 is 5.23. The molecule has 2 atom stereocenters. The molecule has 7 heteroatoms. The lowest BCUT2D eigenvalue weighted by atomic mass is 10.1. The van der Waals surface area contributed by atoms with Crippen LogP contribution in [0.1, 0.15) is 30.8 Å². The molecule has 0 unspecified atom stereocenters. The van der Waals surface area contributed by atoms with Crippen molar-refractivity contribution in [3.8, 4) is 5.75 Å². The van der Waals surface area contributed by atoms with Crippen LogP contribution in [0.5, 0.6) is 5.75 Å². The van der Waals surface area contributed by atoms with Gasteiger partial charge in [-0.15, -0.1) is 0 Å². The smallest absolute Gasteiger partial charge is 0.267 e. The summed E-state index contributed by atoms with van der Waals surface area (Å²) >= 11 is 0. The number of hydrogen-bond donors (Lipinski definition) is 2. The van der Waals surface area contributed by atoms with Crippen molar-refractivity contribution in [3.05, 3.63) is 30.0 Å². The Morgan fingerprint density at radius 3 is 2.70 bits per heavy atom. The molecule has 0 spiro atoms. The Kier molecular flexibility index (Phi) is 5.70. The molecular weight excluding hydrogens is 344 g/mol. The molecule has 1 saturated heterocycles. The lowest BCUT2D eigenvalue weighted by Crippen LogP contribution is -2.44. The topological polar surface area (TPSA) is 77.7 Å². The number of benzene rings is 1. The second-order valence-electron chi connectivity index (χ2n) is 7.01. The van der Waals surface area contributed by atoms with Gasteiger partial charge in [0.1, 0.15) is 11.4 Å². The van der Waals surface area contributed by atoms with Gasteiger partial charge in [0.05, 0.1) is 13.2 Å². The average molecular weight is 372 g/mol. The third-order valence-electron chi connectivity index (χ3n) is 5.32. The fourth-order valence-corrected chi connectivity index (χ4v) is 3.76. The van der Waals surface area contributed by atoms with Crippen molar-refractivity contribution in [1.82, 2.24) is 20.1 Å². The summed E-state index contributed by atoms with van der Waals surface area (Å²) in [4.78, 5) is 32.3. The molecule has 7 nitrogen and oxygen atoms in total. The number of amides is 2. The van der Waals surface area contributed by atoms with E-state index in [0.29, 0.717) is 31.7 Å². The van der Waals surface area contributed by atoms with E-state index in [1.54, 1.807) is 7.11 Å². The van der Waals surface area contributed by atoms with Crippen LogP contribution in [0.2, 0.25) is 0 Å². The molecule has 1 aliphatic heterocycles. The van der Waals surface area contributed by atoms with Crippen LogP contribution in [-0.2, 0) is 4.79 Å². The van der Waals surface area contributed by atoms with Gasteiger partial charge in [-0.2, -0.15) is 0 Å². The van der Waals surface area contributed by atoms with Crippen LogP contribution in [0.3, 0.4) is 0 Å². The largest absolute Gasteiger partial charge is 0.497 e. The van der Waals surface area contributed by atoms with Crippen LogP contribution in [0.4, 0.5) is 0 Å². The molecule has 2 aromatic rings. The fraction of sp³-hybridized carbons (Fsp3) is 0.500. The first kappa shape index (κ1) is 19.2. The number of likely N-dealkylation sites (N-methyl/N-ethyl adjacent to an activating group) is 2. The molecule has 0 saturated carbocycles. The number of likely N-dealkylation sites (tertiary alicyclic amines) is 1. The van der Waals surface area contributed by atoms with Gasteiger partial charge in [0.15, 0.2) is 0 Å². The summed E-state index contributed by atoms with van der Waals surface area (Å²) in [5, 5.41) is 3.99. The number of carbonyl (C=O) groups is 2. The molecule has 0 aliphatic carbocycles. The van der Waals surface area contributed by atoms with E-state index in [4.69, 9.17) is 4.74 Å². The number of aromatic amines is 1. The van der Waals surface area contributed by atoms with E-state index in [1.165, 1.54) is 0 Å². The van der Waals surface area contributed by atoms with E-state index in [1.807, 2.05) is 55.0 Å². The van der Waals surface area contributed by atoms with Gasteiger partial charge in [-0.1, -0.05) is 0 Å². The van der Waals surface area contributed by atoms with E-state index < -0.39 is 0 Å². The van der Waals surface area contributed by atoms with Gasteiger partial charge >= 0.3 is 0 Å². The van der Waals surface area contributed by atoms with Crippen molar-refractivity contribution in [3.63, 3.8) is 0 Å². The monoisotopic (exact) mass is 372 g/mol. The van der Waals surface area contributed by atoms with Gasteiger partial charge in [0, 0.05) is 36.6 Å². The number of nitrogens with zero attached hydrogens (tertiary/aromatic N) is 2. The van der Waals surface area contributed by atoms with Gasteiger partial charge in [-0.25, -0.2) is 0 Å². The number of fused-ring (bicyclic) bond motifs is 1. The van der Waals surface area contributed by atoms with Crippen LogP contribution in [0, 0.1) is 0 Å². The van der Waals surface area contributed by atoms with Crippen molar-refractivity contribution in [2.45, 2.75) is 32.4 Å². The number of ether oxygens (including phenoxy) is 1. The minimum absolute atomic E-state index is 0.0482. The summed E-state index contributed by atoms with van der Waals surface area (Å²) in [6.45, 7) is 6.04. The minimum atomic E-state index is -0.179. The first-order valence-electron chi connectivity index (χ1n) is 9.43. The number of carbonyl (C=O) groups excluding carboxylic acids is 2. The summed E-state index contributed by atoms with van der Waals surface area (Å²) in [6, 6.07) is 7.24. The first-order chi connectivity index (χ1) is 13.0. The molecular formula is C20H28N4O3. The average Bonchev–Trinajstić information content (AvgIpc) is 3.25. The van der Waals surface area contributed by atoms with E-state index in [0.717, 1.165) is 16.7 Å². The Morgan fingerprint density at radius 2 is 2.04 bits per heavy atom. The maximum atomic E-state index is 12.7. The number of rotatable bonds is 6. The maximum absolute atomic E-state index is 12.7. The van der Waals surface area contributed by atoms with Crippen molar-refractivity contribution in [2.75, 3.05) is 33.8 Å². The normalized spacial score (nSPS) is 20.0. The second kappa shape index (κ2) is 8.00. The SMILES string of the molecule is CCN(CC)C(=O)[C@@H]1C[C@@H](NC(=O)c2cc3cc(OC)ccc3[nH]2)CN1C. The van der Waals surface area contributed by atoms with E-state index in [9.17, 15) is 9.59 Å². The molecule has 2 N–H and O–H groups in total. The number of methoxy groups -OCH3 is 1. The summed E-state index contributed by atoms with van der Waals surface area (Å²) in [6.07, 6.45) is 0.631. The number of aromatic nitrogens is 1. The van der Waals surface area contributed by atoms with Crippen molar-refractivity contribution < 1.29 is 14.3 Å². The number of nitrogens with one attached hydrogen (secondary N) is 2. The predicted octanol–water partition coefficient (Wildman–Crippen LogP) is 1.85. The molecule has 2 heterocycles. The van der Waals surface area contributed by atoms with Gasteiger partial charge in [0.2, 0.25) is 5.91 Å². The van der Waals surface area contributed by atoms with E-state index in [-0.39, 0.29) is 23.9 Å². The summed E-state index contributed by atoms with van der Waals surface area (Å²) in [5.41, 5.74) is 1.40. The summed E-state index contributed by atoms with van der Waals surface area (Å²) in [7, 11) is 3.56. The van der Waals surface area contributed by atoms with Crippen LogP contribution in [0.15, 0.2) is 24.3 Å². The van der Waals surface area contributed by atoms with Crippen LogP contribution < -0.4 is 10.1 Å². The van der Waals surface area contributed by atoms with Gasteiger partial charge in [-0.3, -0.25) is 14.5 Å². The van der Waals surface area contributed by atoms with Gasteiger partial charge in [-0.05, 0) is 51.6 Å². The summed E-state index contributed by atoms with van der Waals surface area (Å²) in [5.74, 6) is 0.736. The van der Waals surface area contributed by atoms with Gasteiger partial charge < -0.3 is 19.9 Å². The maximum Gasteiger partial charge on any atom is 0.267 e. The highest BCUT2D eigenvalue weighted by atomic mass is 16.5. The third-order valence-corrected chi connectivity index (χ3v) is 5.32. The van der Waals surface area contributed by atoms with Crippen molar-refractivity contribution in [2.24, 2.45) is 0 Å². The molecule has 0 radical (unpaired) electrons. The molecule has 0 bridgehead atoms. The third kappa shape index (κ3) is 3.93. The van der Waals surface area contributed by atoms with Crippen molar-refractivity contribution >= 4 is 22.7 Å². The second-order valence-corrected chi connectivity index (χ2v) is 7.01. The molecule has 1 aromatic carbocycles. The molecule has 146 valence electrons. The fourth-order valence-electron chi connectivity index (χ4n) is 3.76. The van der Waals surface area contributed by atoms with Crippen LogP contribution in [0.25, 0.3) is 10.9 Å². The van der Waals surface area contributed by atoms with E-state index in [2.05, 4.69) is 10.3 Å². The highest BCUT2D eigenvalue weighted by molar-refractivity contribution is 5.98. The van der Waals surface area contributed by atoms with Crippen LogP contribution >= 0.6 is 0 Å². The highest BCUT2D eigenvalue weighted by Crippen LogP contribution is 2.22. The van der Waals surface area contributed by atoms with Gasteiger partial charge in [0.25, 0.3) is 5.91 Å². The molecule has 1 aliphatic rings. The zero-order chi connectivity index (χ0) is 19.6. The lowest BCUT2D eigenvalue weighted by Gasteiger charge is -2.26. The first-order valence-corrected chi connectivity index (χ1v) is 9.43. The molecule has 3 rings (SSSR count). The number of hydrogen-bond acceptors (Lipinski definition) is 4. The Morgan fingerprint density at radius 1 is 1.30 bits per heavy atom. The lowest BCUT2D eigenvalue weighted by molar-refractivity contribution is -0.135. The molecule has 2 amide bonds. The Bertz CT molecular complexity index is 828. The van der Waals surface area contributed by atoms with Crippen molar-refractivity contribution in [1.29, 1.82) is 0 Å². The quantitative estimate of drug-likeness (QED) is 0.811. The predicted molar refractivity (Wildman–Crippen MR) is 105 cm³/mol. The Balaban J connectivity index is 1.67. The zero-order valence-electron chi connectivity index (χ0n) is 16.4. The van der Waals surface area contributed by atoms with Crippen LogP contribution in [-0.4, -0.2) is 72.5 Å². The zero-order valence-corrected chi connectivity index (χ0v) is 16.4. The highest BCUT2D eigenvalue weighted by Gasteiger charge is 2.36. The standard InChI is InChI=1S/C20H28N4O3/c1-5-24(6-2)20(26)18-11-14(12-23(18)3)21-19(25)17-10-13-9-15(27-4)7-8-16(13)22-17/h7-10,14,18,22H,5-6,11-12H2,1-4H3,(H,21,25)/t14-,18+/m1/s1. The molecule has 1 aromatic heterocycles. The Labute approximate surface area is 159 Å². The molecule has 27 heavy (non-hydrogen) atoms. The van der Waals surface area contributed by atoms with E-state index >= 15 is 0 Å². The Hall–Kier alpha value is -2.54.